The summed E-state index contributed by atoms with van der Waals surface area (Å²) in [6.45, 7) is 1.62. The summed E-state index contributed by atoms with van der Waals surface area (Å²) >= 11 is 13.4. The molecule has 1 aliphatic rings. The van der Waals surface area contributed by atoms with Gasteiger partial charge in [-0.15, -0.1) is 11.3 Å². The predicted octanol–water partition coefficient (Wildman–Crippen LogP) is 5.52. The van der Waals surface area contributed by atoms with Crippen molar-refractivity contribution in [2.45, 2.75) is 45.1 Å². The predicted molar refractivity (Wildman–Crippen MR) is 112 cm³/mol. The number of benzene rings is 1. The quantitative estimate of drug-likeness (QED) is 0.490. The normalized spacial score (nSPS) is 14.6. The Kier molecular flexibility index (Phi) is 6.86. The van der Waals surface area contributed by atoms with Crippen LogP contribution in [0.2, 0.25) is 10.0 Å². The van der Waals surface area contributed by atoms with Crippen LogP contribution in [0.5, 0.6) is 5.75 Å². The number of carbonyl (C=O) groups is 2. The third-order valence-electron chi connectivity index (χ3n) is 4.61. The third kappa shape index (κ3) is 4.62. The summed E-state index contributed by atoms with van der Waals surface area (Å²) in [7, 11) is 1.35. The summed E-state index contributed by atoms with van der Waals surface area (Å²) < 4.78 is 10.6. The molecule has 3 rings (SSSR count). The molecule has 28 heavy (non-hydrogen) atoms. The van der Waals surface area contributed by atoms with Crippen molar-refractivity contribution in [3.8, 4) is 5.75 Å². The fourth-order valence-electron chi connectivity index (χ4n) is 3.18. The van der Waals surface area contributed by atoms with Crippen LogP contribution in [-0.4, -0.2) is 25.1 Å². The Morgan fingerprint density at radius 3 is 2.64 bits per heavy atom. The first-order chi connectivity index (χ1) is 13.4. The third-order valence-corrected chi connectivity index (χ3v) is 6.35. The number of rotatable bonds is 5. The molecule has 1 aromatic carbocycles. The number of fused-ring (bicyclic) bond motifs is 1. The number of nitrogens with one attached hydrogen (secondary N) is 1. The van der Waals surface area contributed by atoms with Gasteiger partial charge in [0.05, 0.1) is 17.7 Å². The highest BCUT2D eigenvalue weighted by Gasteiger charge is 2.27. The lowest BCUT2D eigenvalue weighted by Gasteiger charge is -2.16. The maximum atomic E-state index is 12.7. The van der Waals surface area contributed by atoms with Crippen LogP contribution >= 0.6 is 34.5 Å². The standard InChI is InChI=1S/C20H21Cl2NO4S/c1-11(27-15-9-8-12(21)10-14(15)22)18(24)23-19-17(20(25)26-2)13-6-4-3-5-7-16(13)28-19/h8-11H,3-7H2,1-2H3,(H,23,24)/t11-/m1/s1. The molecular weight excluding hydrogens is 421 g/mol. The van der Waals surface area contributed by atoms with Gasteiger partial charge in [-0.05, 0) is 56.4 Å². The van der Waals surface area contributed by atoms with E-state index >= 15 is 0 Å². The summed E-state index contributed by atoms with van der Waals surface area (Å²) in [5.74, 6) is -0.430. The van der Waals surface area contributed by atoms with E-state index in [4.69, 9.17) is 32.7 Å². The lowest BCUT2D eigenvalue weighted by molar-refractivity contribution is -0.122. The van der Waals surface area contributed by atoms with E-state index in [1.54, 1.807) is 25.1 Å². The van der Waals surface area contributed by atoms with E-state index in [0.29, 0.717) is 26.4 Å². The minimum absolute atomic E-state index is 0.324. The van der Waals surface area contributed by atoms with Gasteiger partial charge in [-0.2, -0.15) is 0 Å². The van der Waals surface area contributed by atoms with Gasteiger partial charge in [-0.3, -0.25) is 4.79 Å². The molecule has 1 N–H and O–H groups in total. The highest BCUT2D eigenvalue weighted by molar-refractivity contribution is 7.17. The number of anilines is 1. The molecule has 1 heterocycles. The number of ether oxygens (including phenoxy) is 2. The highest BCUT2D eigenvalue weighted by Crippen LogP contribution is 2.38. The molecule has 8 heteroatoms. The first kappa shape index (κ1) is 21.0. The van der Waals surface area contributed by atoms with Crippen LogP contribution in [0.15, 0.2) is 18.2 Å². The van der Waals surface area contributed by atoms with E-state index < -0.39 is 12.1 Å². The average molecular weight is 442 g/mol. The van der Waals surface area contributed by atoms with Gasteiger partial charge >= 0.3 is 5.97 Å². The van der Waals surface area contributed by atoms with Gasteiger partial charge < -0.3 is 14.8 Å². The van der Waals surface area contributed by atoms with Crippen molar-refractivity contribution in [2.24, 2.45) is 0 Å². The summed E-state index contributed by atoms with van der Waals surface area (Å²) in [6.07, 6.45) is 4.15. The highest BCUT2D eigenvalue weighted by atomic mass is 35.5. The van der Waals surface area contributed by atoms with E-state index in [1.165, 1.54) is 18.4 Å². The van der Waals surface area contributed by atoms with Crippen molar-refractivity contribution in [3.05, 3.63) is 44.2 Å². The fraction of sp³-hybridized carbons (Fsp3) is 0.400. The van der Waals surface area contributed by atoms with Gasteiger partial charge in [-0.25, -0.2) is 4.79 Å². The minimum Gasteiger partial charge on any atom is -0.479 e. The molecular formula is C20H21Cl2NO4S. The molecule has 5 nitrogen and oxygen atoms in total. The molecule has 0 unspecified atom stereocenters. The zero-order valence-electron chi connectivity index (χ0n) is 15.6. The van der Waals surface area contributed by atoms with E-state index in [0.717, 1.165) is 42.5 Å². The van der Waals surface area contributed by atoms with Gasteiger partial charge in [0.2, 0.25) is 0 Å². The molecule has 1 aromatic heterocycles. The van der Waals surface area contributed by atoms with E-state index in [1.807, 2.05) is 0 Å². The second-order valence-electron chi connectivity index (χ2n) is 6.58. The molecule has 1 atom stereocenters. The minimum atomic E-state index is -0.814. The topological polar surface area (TPSA) is 64.6 Å². The van der Waals surface area contributed by atoms with Crippen molar-refractivity contribution < 1.29 is 19.1 Å². The van der Waals surface area contributed by atoms with Gasteiger partial charge in [0, 0.05) is 9.90 Å². The molecule has 150 valence electrons. The van der Waals surface area contributed by atoms with Crippen LogP contribution in [0.4, 0.5) is 5.00 Å². The number of amides is 1. The SMILES string of the molecule is COC(=O)c1c(NC(=O)[C@@H](C)Oc2ccc(Cl)cc2Cl)sc2c1CCCCC2. The first-order valence-corrected chi connectivity index (χ1v) is 10.6. The summed E-state index contributed by atoms with van der Waals surface area (Å²) in [5, 5.41) is 4.16. The summed E-state index contributed by atoms with van der Waals surface area (Å²) in [5.41, 5.74) is 1.47. The number of aryl methyl sites for hydroxylation is 1. The smallest absolute Gasteiger partial charge is 0.341 e. The van der Waals surface area contributed by atoms with Crippen LogP contribution in [0.3, 0.4) is 0 Å². The largest absolute Gasteiger partial charge is 0.479 e. The molecule has 0 saturated heterocycles. The Balaban J connectivity index is 1.80. The number of hydrogen-bond acceptors (Lipinski definition) is 5. The Hall–Kier alpha value is -1.76. The van der Waals surface area contributed by atoms with E-state index in [2.05, 4.69) is 5.32 Å². The Labute approximate surface area is 177 Å². The zero-order valence-corrected chi connectivity index (χ0v) is 18.0. The molecule has 0 bridgehead atoms. The molecule has 1 amide bonds. The van der Waals surface area contributed by atoms with Gasteiger partial charge in [-0.1, -0.05) is 29.6 Å². The van der Waals surface area contributed by atoms with Gasteiger partial charge in [0.1, 0.15) is 10.8 Å². The molecule has 2 aromatic rings. The molecule has 1 aliphatic carbocycles. The van der Waals surface area contributed by atoms with E-state index in [9.17, 15) is 9.59 Å². The summed E-state index contributed by atoms with van der Waals surface area (Å²) in [6, 6.07) is 4.80. The van der Waals surface area contributed by atoms with Crippen LogP contribution in [-0.2, 0) is 22.4 Å². The number of thiophene rings is 1. The van der Waals surface area contributed by atoms with Crippen molar-refractivity contribution >= 4 is 51.4 Å². The van der Waals surface area contributed by atoms with E-state index in [-0.39, 0.29) is 5.91 Å². The fourth-order valence-corrected chi connectivity index (χ4v) is 4.91. The molecule has 0 fully saturated rings. The Morgan fingerprint density at radius 2 is 1.93 bits per heavy atom. The van der Waals surface area contributed by atoms with Crippen LogP contribution in [0.25, 0.3) is 0 Å². The number of halogens is 2. The van der Waals surface area contributed by atoms with Crippen molar-refractivity contribution in [2.75, 3.05) is 12.4 Å². The average Bonchev–Trinajstić information content (AvgIpc) is 2.83. The van der Waals surface area contributed by atoms with Gasteiger partial charge in [0.25, 0.3) is 5.91 Å². The molecule has 0 saturated carbocycles. The number of esters is 1. The molecule has 0 aliphatic heterocycles. The van der Waals surface area contributed by atoms with Crippen LogP contribution in [0.1, 0.15) is 47.0 Å². The summed E-state index contributed by atoms with van der Waals surface area (Å²) in [4.78, 5) is 26.2. The maximum Gasteiger partial charge on any atom is 0.341 e. The lowest BCUT2D eigenvalue weighted by Crippen LogP contribution is -2.30. The zero-order chi connectivity index (χ0) is 20.3. The van der Waals surface area contributed by atoms with Crippen molar-refractivity contribution in [1.82, 2.24) is 0 Å². The molecule has 0 radical (unpaired) electrons. The monoisotopic (exact) mass is 441 g/mol. The number of hydrogen-bond donors (Lipinski definition) is 1. The first-order valence-electron chi connectivity index (χ1n) is 9.06. The number of carbonyl (C=O) groups excluding carboxylic acids is 2. The lowest BCUT2D eigenvalue weighted by atomic mass is 10.1. The molecule has 0 spiro atoms. The van der Waals surface area contributed by atoms with Crippen molar-refractivity contribution in [1.29, 1.82) is 0 Å². The second-order valence-corrected chi connectivity index (χ2v) is 8.53. The maximum absolute atomic E-state index is 12.7. The second kappa shape index (κ2) is 9.16. The van der Waals surface area contributed by atoms with Gasteiger partial charge in [0.15, 0.2) is 6.10 Å². The van der Waals surface area contributed by atoms with Crippen LogP contribution in [0, 0.1) is 0 Å². The van der Waals surface area contributed by atoms with Crippen LogP contribution < -0.4 is 10.1 Å². The Morgan fingerprint density at radius 1 is 1.18 bits per heavy atom. The van der Waals surface area contributed by atoms with Crippen molar-refractivity contribution in [3.63, 3.8) is 0 Å². The Bertz CT molecular complexity index is 897. The number of methoxy groups -OCH3 is 1.